The van der Waals surface area contributed by atoms with E-state index in [1.807, 2.05) is 30.3 Å². The summed E-state index contributed by atoms with van der Waals surface area (Å²) in [6.45, 7) is 6.21. The molecule has 2 aromatic carbocycles. The molecule has 0 bridgehead atoms. The lowest BCUT2D eigenvalue weighted by Crippen LogP contribution is -2.44. The topological polar surface area (TPSA) is 71.9 Å². The van der Waals surface area contributed by atoms with Crippen LogP contribution in [0.15, 0.2) is 54.6 Å². The van der Waals surface area contributed by atoms with Crippen molar-refractivity contribution in [3.8, 4) is 17.0 Å². The van der Waals surface area contributed by atoms with E-state index in [2.05, 4.69) is 6.92 Å². The molecule has 3 aromatic rings. The van der Waals surface area contributed by atoms with Crippen molar-refractivity contribution in [1.29, 1.82) is 0 Å². The molecule has 36 heavy (non-hydrogen) atoms. The van der Waals surface area contributed by atoms with Crippen LogP contribution in [0.3, 0.4) is 0 Å². The number of hydrogen-bond acceptors (Lipinski definition) is 5. The van der Waals surface area contributed by atoms with Crippen molar-refractivity contribution in [1.82, 2.24) is 4.98 Å². The molecule has 5 rings (SSSR count). The second kappa shape index (κ2) is 8.94. The SMILES string of the molecule is CC(C)(O)c1ccc(N2Cc3c(cc(C4(C)COC4)nc3-c3ccc(OCC(F)F)cc3)C2=O)cc1. The Morgan fingerprint density at radius 2 is 1.81 bits per heavy atom. The molecule has 1 aromatic heterocycles. The quantitative estimate of drug-likeness (QED) is 0.497. The predicted octanol–water partition coefficient (Wildman–Crippen LogP) is 5.07. The fourth-order valence-electron chi connectivity index (χ4n) is 4.53. The number of anilines is 1. The van der Waals surface area contributed by atoms with Crippen molar-refractivity contribution in [2.45, 2.75) is 44.8 Å². The largest absolute Gasteiger partial charge is 0.488 e. The molecule has 0 radical (unpaired) electrons. The summed E-state index contributed by atoms with van der Waals surface area (Å²) in [5.41, 5.74) is 3.85. The second-order valence-corrected chi connectivity index (χ2v) is 10.2. The highest BCUT2D eigenvalue weighted by Gasteiger charge is 2.40. The number of ether oxygens (including phenoxy) is 2. The minimum atomic E-state index is -2.55. The van der Waals surface area contributed by atoms with Gasteiger partial charge < -0.3 is 19.5 Å². The zero-order valence-electron chi connectivity index (χ0n) is 20.4. The molecule has 0 atom stereocenters. The molecule has 8 heteroatoms. The molecule has 3 heterocycles. The number of pyridine rings is 1. The number of carbonyl (C=O) groups is 1. The number of alkyl halides is 2. The molecule has 188 valence electrons. The van der Waals surface area contributed by atoms with E-state index in [1.165, 1.54) is 0 Å². The fourth-order valence-corrected chi connectivity index (χ4v) is 4.53. The van der Waals surface area contributed by atoms with Crippen molar-refractivity contribution in [3.05, 3.63) is 77.0 Å². The van der Waals surface area contributed by atoms with Gasteiger partial charge in [-0.05, 0) is 68.8 Å². The van der Waals surface area contributed by atoms with Gasteiger partial charge in [-0.1, -0.05) is 12.1 Å². The minimum Gasteiger partial charge on any atom is -0.488 e. The molecular weight excluding hydrogens is 466 g/mol. The van der Waals surface area contributed by atoms with Crippen molar-refractivity contribution >= 4 is 11.6 Å². The Kier molecular flexibility index (Phi) is 6.04. The molecule has 1 N–H and O–H groups in total. The van der Waals surface area contributed by atoms with Gasteiger partial charge in [0.2, 0.25) is 0 Å². The number of aliphatic hydroxyl groups is 1. The van der Waals surface area contributed by atoms with Crippen LogP contribution in [0, 0.1) is 0 Å². The number of rotatable bonds is 7. The summed E-state index contributed by atoms with van der Waals surface area (Å²) in [4.78, 5) is 20.2. The summed E-state index contributed by atoms with van der Waals surface area (Å²) in [6, 6.07) is 16.0. The van der Waals surface area contributed by atoms with Crippen LogP contribution in [-0.2, 0) is 22.3 Å². The summed E-state index contributed by atoms with van der Waals surface area (Å²) < 4.78 is 35.6. The first kappa shape index (κ1) is 24.3. The number of hydrogen-bond donors (Lipinski definition) is 1. The molecule has 0 spiro atoms. The molecule has 0 saturated carbocycles. The lowest BCUT2D eigenvalue weighted by Gasteiger charge is -2.37. The zero-order valence-corrected chi connectivity index (χ0v) is 20.4. The number of carbonyl (C=O) groups excluding carboxylic acids is 1. The average Bonchev–Trinajstić information content (AvgIpc) is 3.17. The first-order valence-electron chi connectivity index (χ1n) is 11.8. The van der Waals surface area contributed by atoms with E-state index in [-0.39, 0.29) is 11.3 Å². The lowest BCUT2D eigenvalue weighted by molar-refractivity contribution is -0.0520. The molecule has 0 unspecified atom stereocenters. The number of amides is 1. The number of nitrogens with zero attached hydrogens (tertiary/aromatic N) is 2. The van der Waals surface area contributed by atoms with Crippen LogP contribution in [0.4, 0.5) is 14.5 Å². The van der Waals surface area contributed by atoms with Gasteiger partial charge in [-0.3, -0.25) is 9.78 Å². The van der Waals surface area contributed by atoms with E-state index in [1.54, 1.807) is 43.0 Å². The van der Waals surface area contributed by atoms with Gasteiger partial charge in [0.1, 0.15) is 12.4 Å². The molecule has 1 saturated heterocycles. The van der Waals surface area contributed by atoms with E-state index in [0.29, 0.717) is 36.8 Å². The number of fused-ring (bicyclic) bond motifs is 1. The molecule has 1 fully saturated rings. The maximum Gasteiger partial charge on any atom is 0.272 e. The highest BCUT2D eigenvalue weighted by molar-refractivity contribution is 6.11. The maximum absolute atomic E-state index is 13.6. The first-order chi connectivity index (χ1) is 17.0. The zero-order chi connectivity index (χ0) is 25.7. The normalized spacial score (nSPS) is 16.8. The van der Waals surface area contributed by atoms with E-state index < -0.39 is 18.6 Å². The molecule has 2 aliphatic heterocycles. The number of halogens is 2. The highest BCUT2D eigenvalue weighted by atomic mass is 19.3. The maximum atomic E-state index is 13.6. The predicted molar refractivity (Wildman–Crippen MR) is 132 cm³/mol. The van der Waals surface area contributed by atoms with Crippen LogP contribution in [0.1, 0.15) is 48.0 Å². The molecule has 6 nitrogen and oxygen atoms in total. The molecular formula is C28H28F2N2O4. The third-order valence-electron chi connectivity index (χ3n) is 6.76. The van der Waals surface area contributed by atoms with Crippen LogP contribution in [0.5, 0.6) is 5.75 Å². The van der Waals surface area contributed by atoms with Gasteiger partial charge in [-0.15, -0.1) is 0 Å². The van der Waals surface area contributed by atoms with Gasteiger partial charge in [-0.2, -0.15) is 0 Å². The van der Waals surface area contributed by atoms with E-state index in [9.17, 15) is 18.7 Å². The average molecular weight is 495 g/mol. The third-order valence-corrected chi connectivity index (χ3v) is 6.76. The van der Waals surface area contributed by atoms with Crippen molar-refractivity contribution < 1.29 is 28.2 Å². The summed E-state index contributed by atoms with van der Waals surface area (Å²) in [5.74, 6) is 0.224. The number of aromatic nitrogens is 1. The first-order valence-corrected chi connectivity index (χ1v) is 11.8. The Labute approximate surface area is 208 Å². The van der Waals surface area contributed by atoms with Crippen molar-refractivity contribution in [2.24, 2.45) is 0 Å². The van der Waals surface area contributed by atoms with Gasteiger partial charge in [-0.25, -0.2) is 8.78 Å². The van der Waals surface area contributed by atoms with Gasteiger partial charge in [0, 0.05) is 22.4 Å². The second-order valence-electron chi connectivity index (χ2n) is 10.2. The van der Waals surface area contributed by atoms with Crippen molar-refractivity contribution in [2.75, 3.05) is 24.7 Å². The molecule has 0 aliphatic carbocycles. The van der Waals surface area contributed by atoms with Crippen LogP contribution >= 0.6 is 0 Å². The summed E-state index contributed by atoms with van der Waals surface area (Å²) >= 11 is 0. The van der Waals surface area contributed by atoms with Gasteiger partial charge >= 0.3 is 0 Å². The Morgan fingerprint density at radius 3 is 2.36 bits per heavy atom. The van der Waals surface area contributed by atoms with Crippen LogP contribution in [-0.4, -0.2) is 42.2 Å². The Bertz CT molecular complexity index is 1280. The minimum absolute atomic E-state index is 0.119. The van der Waals surface area contributed by atoms with Crippen LogP contribution in [0.2, 0.25) is 0 Å². The third kappa shape index (κ3) is 4.47. The van der Waals surface area contributed by atoms with Gasteiger partial charge in [0.15, 0.2) is 0 Å². The Morgan fingerprint density at radius 1 is 1.14 bits per heavy atom. The Balaban J connectivity index is 1.52. The van der Waals surface area contributed by atoms with Crippen molar-refractivity contribution in [3.63, 3.8) is 0 Å². The molecule has 2 aliphatic rings. The summed E-state index contributed by atoms with van der Waals surface area (Å²) in [6.07, 6.45) is -2.55. The lowest BCUT2D eigenvalue weighted by atomic mass is 9.83. The molecule has 1 amide bonds. The van der Waals surface area contributed by atoms with Gasteiger partial charge in [0.05, 0.1) is 42.2 Å². The standard InChI is InChI=1S/C28H28F2N2O4/c1-27(2,34)18-6-8-19(9-7-18)32-13-22-21(26(32)33)12-23(28(3)15-35-16-28)31-25(22)17-4-10-20(11-5-17)36-14-24(29)30/h4-12,24,34H,13-16H2,1-3H3. The number of benzene rings is 2. The van der Waals surface area contributed by atoms with Crippen LogP contribution in [0.25, 0.3) is 11.3 Å². The Hall–Kier alpha value is -3.36. The van der Waals surface area contributed by atoms with Crippen LogP contribution < -0.4 is 9.64 Å². The smallest absolute Gasteiger partial charge is 0.272 e. The highest BCUT2D eigenvalue weighted by Crippen LogP contribution is 2.39. The fraction of sp³-hybridized carbons (Fsp3) is 0.357. The summed E-state index contributed by atoms with van der Waals surface area (Å²) in [7, 11) is 0. The van der Waals surface area contributed by atoms with E-state index in [4.69, 9.17) is 14.5 Å². The monoisotopic (exact) mass is 494 g/mol. The summed E-state index contributed by atoms with van der Waals surface area (Å²) in [5, 5.41) is 10.3. The van der Waals surface area contributed by atoms with E-state index in [0.717, 1.165) is 28.1 Å². The van der Waals surface area contributed by atoms with E-state index >= 15 is 0 Å². The van der Waals surface area contributed by atoms with Gasteiger partial charge in [0.25, 0.3) is 12.3 Å².